The quantitative estimate of drug-likeness (QED) is 0.0688. The van der Waals surface area contributed by atoms with Crippen LogP contribution < -0.4 is 14.2 Å². The van der Waals surface area contributed by atoms with Crippen LogP contribution in [-0.4, -0.2) is 17.9 Å². The first kappa shape index (κ1) is 37.1. The van der Waals surface area contributed by atoms with Crippen molar-refractivity contribution >= 4 is 52.0 Å². The van der Waals surface area contributed by atoms with Crippen molar-refractivity contribution in [1.82, 2.24) is 0 Å². The number of carbonyl (C=O) groups is 3. The van der Waals surface area contributed by atoms with E-state index in [-0.39, 0.29) is 33.9 Å². The van der Waals surface area contributed by atoms with Crippen LogP contribution in [0.2, 0.25) is 0 Å². The Morgan fingerprint density at radius 3 is 0.719 bits per heavy atom. The first-order valence-electron chi connectivity index (χ1n) is 17.5. The maximum absolute atomic E-state index is 13.2. The van der Waals surface area contributed by atoms with Crippen LogP contribution in [0.5, 0.6) is 17.2 Å². The summed E-state index contributed by atoms with van der Waals surface area (Å²) in [5.74, 6) is -2.30. The second-order valence-corrected chi connectivity index (χ2v) is 12.1. The van der Waals surface area contributed by atoms with Crippen molar-refractivity contribution in [2.45, 2.75) is 0 Å². The Bertz CT molecular complexity index is 2260. The average molecular weight is 751 g/mol. The molecule has 0 aromatic heterocycles. The molecule has 0 spiro atoms. The summed E-state index contributed by atoms with van der Waals surface area (Å²) >= 11 is 0. The smallest absolute Gasteiger partial charge is 0.343 e. The molecule has 12 heteroatoms. The lowest BCUT2D eigenvalue weighted by Crippen LogP contribution is -2.12. The SMILES string of the molecule is O=C(Oc1cc(OC(=O)c2ccc(/N=N/c3ccccc3)cc2)cc(OC(=O)c2ccc(/N=N/c3ccccc3)cc2)c1)c1ccc(/N=N/c2ccccc2)cc1. The fourth-order valence-electron chi connectivity index (χ4n) is 5.04. The minimum atomic E-state index is -0.720. The lowest BCUT2D eigenvalue weighted by Gasteiger charge is -2.11. The van der Waals surface area contributed by atoms with Crippen LogP contribution in [0.4, 0.5) is 34.1 Å². The monoisotopic (exact) mass is 750 g/mol. The van der Waals surface area contributed by atoms with Gasteiger partial charge < -0.3 is 14.2 Å². The molecule has 0 amide bonds. The minimum Gasteiger partial charge on any atom is -0.423 e. The van der Waals surface area contributed by atoms with Gasteiger partial charge in [-0.2, -0.15) is 30.7 Å². The van der Waals surface area contributed by atoms with Crippen molar-refractivity contribution in [3.63, 3.8) is 0 Å². The van der Waals surface area contributed by atoms with Crippen molar-refractivity contribution in [3.8, 4) is 17.2 Å². The summed E-state index contributed by atoms with van der Waals surface area (Å²) in [6.45, 7) is 0. The fraction of sp³-hybridized carbons (Fsp3) is 0. The molecule has 57 heavy (non-hydrogen) atoms. The molecular formula is C45H30N6O6. The van der Waals surface area contributed by atoms with Crippen LogP contribution in [0.15, 0.2) is 213 Å². The van der Waals surface area contributed by atoms with E-state index in [0.717, 1.165) is 0 Å². The number of esters is 3. The van der Waals surface area contributed by atoms with E-state index < -0.39 is 17.9 Å². The number of azo groups is 3. The average Bonchev–Trinajstić information content (AvgIpc) is 3.25. The second-order valence-electron chi connectivity index (χ2n) is 12.1. The van der Waals surface area contributed by atoms with Gasteiger partial charge in [-0.05, 0) is 109 Å². The Hall–Kier alpha value is -8.25. The highest BCUT2D eigenvalue weighted by molar-refractivity contribution is 5.93. The normalized spacial score (nSPS) is 11.2. The molecule has 0 unspecified atom stereocenters. The van der Waals surface area contributed by atoms with Gasteiger partial charge in [0.15, 0.2) is 0 Å². The molecule has 0 aliphatic rings. The molecule has 0 radical (unpaired) electrons. The number of nitrogens with zero attached hydrogens (tertiary/aromatic N) is 6. The third-order valence-corrected chi connectivity index (χ3v) is 7.91. The van der Waals surface area contributed by atoms with Crippen LogP contribution in [0.3, 0.4) is 0 Å². The third kappa shape index (κ3) is 10.7. The summed E-state index contributed by atoms with van der Waals surface area (Å²) in [6.07, 6.45) is 0. The Balaban J connectivity index is 1.07. The molecule has 7 aromatic carbocycles. The number of benzene rings is 7. The van der Waals surface area contributed by atoms with Crippen molar-refractivity contribution < 1.29 is 28.6 Å². The zero-order valence-electron chi connectivity index (χ0n) is 30.0. The summed E-state index contributed by atoms with van der Waals surface area (Å²) in [5, 5.41) is 25.2. The van der Waals surface area contributed by atoms with Crippen molar-refractivity contribution in [1.29, 1.82) is 0 Å². The lowest BCUT2D eigenvalue weighted by atomic mass is 10.2. The molecule has 7 aromatic rings. The molecule has 0 N–H and O–H groups in total. The maximum Gasteiger partial charge on any atom is 0.343 e. The van der Waals surface area contributed by atoms with Crippen molar-refractivity contribution in [2.75, 3.05) is 0 Å². The van der Waals surface area contributed by atoms with Gasteiger partial charge in [-0.15, -0.1) is 0 Å². The summed E-state index contributed by atoms with van der Waals surface area (Å²) < 4.78 is 17.0. The zero-order valence-corrected chi connectivity index (χ0v) is 30.0. The van der Waals surface area contributed by atoms with Gasteiger partial charge in [-0.1, -0.05) is 54.6 Å². The number of carbonyl (C=O) groups excluding carboxylic acids is 3. The second kappa shape index (κ2) is 18.2. The van der Waals surface area contributed by atoms with Crippen molar-refractivity contribution in [3.05, 3.63) is 199 Å². The van der Waals surface area contributed by atoms with Crippen LogP contribution in [-0.2, 0) is 0 Å². The summed E-state index contributed by atoms with van der Waals surface area (Å²) in [6, 6.07) is 50.7. The predicted molar refractivity (Wildman–Crippen MR) is 212 cm³/mol. The highest BCUT2D eigenvalue weighted by Crippen LogP contribution is 2.31. The van der Waals surface area contributed by atoms with Gasteiger partial charge in [0.05, 0.1) is 50.8 Å². The predicted octanol–water partition coefficient (Wildman–Crippen LogP) is 12.6. The molecule has 0 saturated heterocycles. The van der Waals surface area contributed by atoms with E-state index in [1.165, 1.54) is 18.2 Å². The molecule has 0 aliphatic heterocycles. The zero-order chi connectivity index (χ0) is 39.2. The highest BCUT2D eigenvalue weighted by atomic mass is 16.6. The Morgan fingerprint density at radius 1 is 0.281 bits per heavy atom. The molecule has 12 nitrogen and oxygen atoms in total. The first-order chi connectivity index (χ1) is 27.9. The lowest BCUT2D eigenvalue weighted by molar-refractivity contribution is 0.0730. The highest BCUT2D eigenvalue weighted by Gasteiger charge is 2.17. The van der Waals surface area contributed by atoms with Crippen LogP contribution in [0.1, 0.15) is 31.1 Å². The van der Waals surface area contributed by atoms with E-state index in [1.54, 1.807) is 72.8 Å². The number of ether oxygens (including phenoxy) is 3. The van der Waals surface area contributed by atoms with Gasteiger partial charge in [0.25, 0.3) is 0 Å². The van der Waals surface area contributed by atoms with E-state index in [1.807, 2.05) is 91.0 Å². The van der Waals surface area contributed by atoms with E-state index in [0.29, 0.717) is 34.1 Å². The van der Waals surface area contributed by atoms with Crippen LogP contribution in [0, 0.1) is 0 Å². The van der Waals surface area contributed by atoms with E-state index in [4.69, 9.17) is 14.2 Å². The van der Waals surface area contributed by atoms with Crippen molar-refractivity contribution in [2.24, 2.45) is 30.7 Å². The largest absolute Gasteiger partial charge is 0.423 e. The topological polar surface area (TPSA) is 153 Å². The standard InChI is InChI=1S/C45H30N6O6/c52-43(31-16-22-37(23-17-31)49-46-34-10-4-1-5-11-34)55-40-28-41(56-44(53)32-18-24-38(25-19-32)50-47-35-12-6-2-7-13-35)30-42(29-40)57-45(54)33-20-26-39(27-21-33)51-48-36-14-8-3-9-15-36/h1-30H/b49-46+,50-47+,51-48+. The Kier molecular flexibility index (Phi) is 11.8. The molecule has 0 bridgehead atoms. The molecular weight excluding hydrogens is 721 g/mol. The van der Waals surface area contributed by atoms with Gasteiger partial charge in [0, 0.05) is 18.2 Å². The van der Waals surface area contributed by atoms with E-state index in [2.05, 4.69) is 30.7 Å². The first-order valence-corrected chi connectivity index (χ1v) is 17.5. The Morgan fingerprint density at radius 2 is 0.491 bits per heavy atom. The summed E-state index contributed by atoms with van der Waals surface area (Å²) in [7, 11) is 0. The van der Waals surface area contributed by atoms with Gasteiger partial charge in [0.2, 0.25) is 0 Å². The third-order valence-electron chi connectivity index (χ3n) is 7.91. The van der Waals surface area contributed by atoms with Crippen LogP contribution in [0.25, 0.3) is 0 Å². The molecule has 0 aliphatic carbocycles. The molecule has 0 fully saturated rings. The molecule has 0 saturated carbocycles. The molecule has 7 rings (SSSR count). The molecule has 0 atom stereocenters. The maximum atomic E-state index is 13.2. The van der Waals surface area contributed by atoms with Gasteiger partial charge >= 0.3 is 17.9 Å². The number of hydrogen-bond acceptors (Lipinski definition) is 12. The van der Waals surface area contributed by atoms with E-state index in [9.17, 15) is 14.4 Å². The number of rotatable bonds is 12. The van der Waals surface area contributed by atoms with Gasteiger partial charge in [0.1, 0.15) is 17.2 Å². The summed E-state index contributed by atoms with van der Waals surface area (Å²) in [5.41, 5.74) is 4.26. The minimum absolute atomic E-state index is 0.0470. The van der Waals surface area contributed by atoms with Gasteiger partial charge in [-0.3, -0.25) is 0 Å². The fourth-order valence-corrected chi connectivity index (χ4v) is 5.04. The number of hydrogen-bond donors (Lipinski definition) is 0. The van der Waals surface area contributed by atoms with E-state index >= 15 is 0 Å². The molecule has 0 heterocycles. The molecule has 276 valence electrons. The Labute approximate surface area is 326 Å². The summed E-state index contributed by atoms with van der Waals surface area (Å²) in [4.78, 5) is 39.7. The van der Waals surface area contributed by atoms with Crippen LogP contribution >= 0.6 is 0 Å². The van der Waals surface area contributed by atoms with Gasteiger partial charge in [-0.25, -0.2) is 14.4 Å².